The van der Waals surface area contributed by atoms with Gasteiger partial charge in [0.1, 0.15) is 0 Å². The number of allylic oxidation sites excluding steroid dienone is 3. The first kappa shape index (κ1) is 47.6. The Morgan fingerprint density at radius 1 is 0.354 bits per heavy atom. The minimum atomic E-state index is -0.139. The highest BCUT2D eigenvalue weighted by Gasteiger charge is 2.36. The van der Waals surface area contributed by atoms with E-state index in [1.807, 2.05) is 0 Å². The fourth-order valence-electron chi connectivity index (χ4n) is 13.8. The molecule has 0 saturated heterocycles. The van der Waals surface area contributed by atoms with Crippen LogP contribution in [-0.4, -0.2) is 0 Å². The zero-order valence-corrected chi connectivity index (χ0v) is 46.7. The average molecular weight is 1010 g/mol. The molecule has 380 valence electrons. The fourth-order valence-corrected chi connectivity index (χ4v) is 13.8. The third-order valence-corrected chi connectivity index (χ3v) is 18.5. The SMILES string of the molecule is CC(C)(C)C1=Cc2ccc3c(-c4ccc(-c5ccc6c(c5)C(C)(C)c5cc(-c7ccc(-c8ccc(-c9ccc(-c%10ccc%11ccc%12cc(C(C)(C)C)cc%13ccc%10c%11c%12%13)cc9)cc8)cc7)ccc5-6)cc4)ccc4c3c2C(=CC4)C1. The van der Waals surface area contributed by atoms with E-state index in [-0.39, 0.29) is 16.2 Å². The maximum Gasteiger partial charge on any atom is 0.0159 e. The zero-order chi connectivity index (χ0) is 53.7. The van der Waals surface area contributed by atoms with E-state index >= 15 is 0 Å². The largest absolute Gasteiger partial charge is 0.0759 e. The van der Waals surface area contributed by atoms with Crippen molar-refractivity contribution in [2.24, 2.45) is 5.41 Å². The Morgan fingerprint density at radius 2 is 0.772 bits per heavy atom. The van der Waals surface area contributed by atoms with Crippen molar-refractivity contribution in [2.75, 3.05) is 0 Å². The molecule has 0 nitrogen and oxygen atoms in total. The quantitative estimate of drug-likeness (QED) is 0.146. The van der Waals surface area contributed by atoms with Gasteiger partial charge >= 0.3 is 0 Å². The van der Waals surface area contributed by atoms with Crippen LogP contribution in [0.4, 0.5) is 0 Å². The first-order valence-electron chi connectivity index (χ1n) is 28.6. The van der Waals surface area contributed by atoms with Gasteiger partial charge in [0.05, 0.1) is 0 Å². The van der Waals surface area contributed by atoms with Crippen molar-refractivity contribution in [3.8, 4) is 77.9 Å². The first-order chi connectivity index (χ1) is 38.1. The number of hydrogen-bond acceptors (Lipinski definition) is 0. The molecule has 0 aromatic heterocycles. The Morgan fingerprint density at radius 3 is 1.29 bits per heavy atom. The molecule has 79 heavy (non-hydrogen) atoms. The molecule has 0 N–H and O–H groups in total. The van der Waals surface area contributed by atoms with Crippen LogP contribution < -0.4 is 0 Å². The minimum absolute atomic E-state index is 0.0979. The van der Waals surface area contributed by atoms with Gasteiger partial charge in [0.15, 0.2) is 0 Å². The molecule has 0 unspecified atom stereocenters. The van der Waals surface area contributed by atoms with Gasteiger partial charge in [-0.15, -0.1) is 0 Å². The van der Waals surface area contributed by atoms with Gasteiger partial charge in [-0.25, -0.2) is 0 Å². The molecule has 0 atom stereocenters. The topological polar surface area (TPSA) is 0 Å². The van der Waals surface area contributed by atoms with Crippen LogP contribution in [0.15, 0.2) is 218 Å². The minimum Gasteiger partial charge on any atom is -0.0759 e. The molecule has 0 saturated carbocycles. The van der Waals surface area contributed by atoms with Crippen LogP contribution in [0.1, 0.15) is 95.2 Å². The molecule has 0 radical (unpaired) electrons. The Labute approximate surface area is 465 Å². The van der Waals surface area contributed by atoms with Crippen molar-refractivity contribution < 1.29 is 0 Å². The summed E-state index contributed by atoms with van der Waals surface area (Å²) in [7, 11) is 0. The molecule has 12 aromatic carbocycles. The zero-order valence-electron chi connectivity index (χ0n) is 46.7. The normalized spacial score (nSPS) is 14.5. The Bertz CT molecular complexity index is 4540. The second-order valence-electron chi connectivity index (χ2n) is 25.6. The maximum absolute atomic E-state index is 2.48. The average Bonchev–Trinajstić information content (AvgIpc) is 4.00. The van der Waals surface area contributed by atoms with Crippen LogP contribution >= 0.6 is 0 Å². The third kappa shape index (κ3) is 7.63. The molecular formula is C79H64. The molecule has 0 fully saturated rings. The predicted octanol–water partition coefficient (Wildman–Crippen LogP) is 22.1. The summed E-state index contributed by atoms with van der Waals surface area (Å²) in [6.07, 6.45) is 7.00. The summed E-state index contributed by atoms with van der Waals surface area (Å²) in [5.41, 5.74) is 29.2. The lowest BCUT2D eigenvalue weighted by Gasteiger charge is -2.32. The van der Waals surface area contributed by atoms with E-state index in [1.165, 1.54) is 166 Å². The first-order valence-corrected chi connectivity index (χ1v) is 28.6. The van der Waals surface area contributed by atoms with E-state index < -0.39 is 0 Å². The maximum atomic E-state index is 2.48. The van der Waals surface area contributed by atoms with Crippen molar-refractivity contribution in [3.05, 3.63) is 251 Å². The Balaban J connectivity index is 0.650. The molecule has 3 aliphatic carbocycles. The van der Waals surface area contributed by atoms with Gasteiger partial charge in [0.2, 0.25) is 0 Å². The number of benzene rings is 12. The molecule has 12 aromatic rings. The van der Waals surface area contributed by atoms with Crippen LogP contribution in [0.3, 0.4) is 0 Å². The summed E-state index contributed by atoms with van der Waals surface area (Å²) in [5.74, 6) is 0. The van der Waals surface area contributed by atoms with Crippen molar-refractivity contribution in [2.45, 2.75) is 79.1 Å². The molecule has 0 bridgehead atoms. The van der Waals surface area contributed by atoms with E-state index in [0.29, 0.717) is 0 Å². The molecular weight excluding hydrogens is 949 g/mol. The number of hydrogen-bond donors (Lipinski definition) is 0. The van der Waals surface area contributed by atoms with Gasteiger partial charge in [0.25, 0.3) is 0 Å². The number of fused-ring (bicyclic) bond motifs is 3. The predicted molar refractivity (Wildman–Crippen MR) is 340 cm³/mol. The smallest absolute Gasteiger partial charge is 0.0159 e. The number of rotatable bonds is 6. The second-order valence-corrected chi connectivity index (χ2v) is 25.6. The summed E-state index contributed by atoms with van der Waals surface area (Å²) >= 11 is 0. The highest BCUT2D eigenvalue weighted by atomic mass is 14.4. The van der Waals surface area contributed by atoms with Crippen LogP contribution in [-0.2, 0) is 17.3 Å². The van der Waals surface area contributed by atoms with E-state index in [9.17, 15) is 0 Å². The molecule has 3 aliphatic rings. The summed E-state index contributed by atoms with van der Waals surface area (Å²) < 4.78 is 0. The molecule has 0 spiro atoms. The van der Waals surface area contributed by atoms with Crippen molar-refractivity contribution in [1.82, 2.24) is 0 Å². The monoisotopic (exact) mass is 1010 g/mol. The van der Waals surface area contributed by atoms with Gasteiger partial charge in [0, 0.05) is 5.41 Å². The lowest BCUT2D eigenvalue weighted by molar-refractivity contribution is 0.498. The molecule has 0 heterocycles. The van der Waals surface area contributed by atoms with Crippen LogP contribution in [0.25, 0.3) is 133 Å². The molecule has 0 aliphatic heterocycles. The molecule has 15 rings (SSSR count). The second kappa shape index (κ2) is 17.2. The van der Waals surface area contributed by atoms with E-state index in [4.69, 9.17) is 0 Å². The van der Waals surface area contributed by atoms with E-state index in [2.05, 4.69) is 274 Å². The third-order valence-electron chi connectivity index (χ3n) is 18.5. The van der Waals surface area contributed by atoms with Gasteiger partial charge in [-0.1, -0.05) is 267 Å². The lowest BCUT2D eigenvalue weighted by Crippen LogP contribution is -2.15. The van der Waals surface area contributed by atoms with Crippen LogP contribution in [0.2, 0.25) is 0 Å². The standard InChI is InChI=1S/C79H64/c1-77(2,3)63-41-59-27-25-55-29-35-65(69-39-33-61(43-63)73(59)75(55)69)53-21-17-50(18-22-53)48-11-9-47(10-12-48)49-13-15-51(16-14-49)57-31-37-67-68-38-32-58(46-72(68)79(7,8)71(67)45-57)52-19-23-54(24-20-52)66-36-30-56-26-28-60-42-64(78(4,5)6)44-62-34-40-70(66)76(56)74(60)62/h9-25,27-41,43-46H,26,42H2,1-8H3. The lowest BCUT2D eigenvalue weighted by atomic mass is 9.72. The van der Waals surface area contributed by atoms with Crippen LogP contribution in [0.5, 0.6) is 0 Å². The highest BCUT2D eigenvalue weighted by Crippen LogP contribution is 2.52. The highest BCUT2D eigenvalue weighted by molar-refractivity contribution is 6.25. The summed E-state index contributed by atoms with van der Waals surface area (Å²) in [4.78, 5) is 0. The van der Waals surface area contributed by atoms with E-state index in [1.54, 1.807) is 0 Å². The Hall–Kier alpha value is -8.58. The van der Waals surface area contributed by atoms with Gasteiger partial charge < -0.3 is 0 Å². The van der Waals surface area contributed by atoms with Gasteiger partial charge in [-0.05, 0) is 196 Å². The van der Waals surface area contributed by atoms with Crippen molar-refractivity contribution >= 4 is 54.7 Å². The summed E-state index contributed by atoms with van der Waals surface area (Å²) in [6, 6.07) is 79.0. The fraction of sp³-hybridized carbons (Fsp3) is 0.165. The summed E-state index contributed by atoms with van der Waals surface area (Å²) in [5, 5.41) is 10.8. The van der Waals surface area contributed by atoms with E-state index in [0.717, 1.165) is 12.8 Å². The van der Waals surface area contributed by atoms with Crippen molar-refractivity contribution in [1.29, 1.82) is 0 Å². The Kier molecular flexibility index (Phi) is 10.4. The van der Waals surface area contributed by atoms with Crippen molar-refractivity contribution in [3.63, 3.8) is 0 Å². The van der Waals surface area contributed by atoms with Gasteiger partial charge in [-0.2, -0.15) is 0 Å². The molecule has 0 amide bonds. The van der Waals surface area contributed by atoms with Crippen LogP contribution in [0, 0.1) is 5.41 Å². The molecule has 0 heteroatoms. The van der Waals surface area contributed by atoms with Gasteiger partial charge in [-0.3, -0.25) is 0 Å². The summed E-state index contributed by atoms with van der Waals surface area (Å²) in [6.45, 7) is 18.7.